The van der Waals surface area contributed by atoms with Gasteiger partial charge in [0.15, 0.2) is 5.78 Å². The summed E-state index contributed by atoms with van der Waals surface area (Å²) in [6.45, 7) is 6.06. The Morgan fingerprint density at radius 3 is 2.41 bits per heavy atom. The van der Waals surface area contributed by atoms with Crippen molar-refractivity contribution in [3.63, 3.8) is 0 Å². The number of para-hydroxylation sites is 1. The van der Waals surface area contributed by atoms with Gasteiger partial charge >= 0.3 is 5.69 Å². The van der Waals surface area contributed by atoms with Gasteiger partial charge in [-0.25, -0.2) is 4.79 Å². The number of ketones is 1. The summed E-state index contributed by atoms with van der Waals surface area (Å²) in [4.78, 5) is 57.9. The van der Waals surface area contributed by atoms with E-state index < -0.39 is 17.0 Å². The molecule has 0 unspecified atom stereocenters. The van der Waals surface area contributed by atoms with E-state index in [2.05, 4.69) is 4.98 Å². The minimum atomic E-state index is -0.680. The molecular formula is C24H30N6O4. The fraction of sp³-hybridized carbons (Fsp3) is 0.417. The summed E-state index contributed by atoms with van der Waals surface area (Å²) in [5.41, 5.74) is 6.20. The second-order valence-corrected chi connectivity index (χ2v) is 9.17. The largest absolute Gasteiger partial charge is 0.384 e. The van der Waals surface area contributed by atoms with E-state index in [1.807, 2.05) is 49.1 Å². The first-order chi connectivity index (χ1) is 16.2. The third-order valence-corrected chi connectivity index (χ3v) is 6.20. The van der Waals surface area contributed by atoms with Crippen molar-refractivity contribution in [2.24, 2.45) is 13.0 Å². The predicted molar refractivity (Wildman–Crippen MR) is 130 cm³/mol. The van der Waals surface area contributed by atoms with Gasteiger partial charge in [0, 0.05) is 50.7 Å². The smallest absolute Gasteiger partial charge is 0.332 e. The van der Waals surface area contributed by atoms with Crippen LogP contribution in [-0.2, 0) is 13.6 Å². The molecule has 4 rings (SSSR count). The summed E-state index contributed by atoms with van der Waals surface area (Å²) in [5, 5.41) is 0.980. The van der Waals surface area contributed by atoms with Crippen molar-refractivity contribution in [2.45, 2.75) is 20.4 Å². The molecule has 2 aromatic heterocycles. The third-order valence-electron chi connectivity index (χ3n) is 6.20. The fourth-order valence-electron chi connectivity index (χ4n) is 4.34. The highest BCUT2D eigenvalue weighted by Gasteiger charge is 2.27. The van der Waals surface area contributed by atoms with E-state index in [4.69, 9.17) is 5.73 Å². The number of hydrogen-bond donors (Lipinski definition) is 2. The number of amides is 1. The number of nitrogens with two attached hydrogens (primary N) is 1. The van der Waals surface area contributed by atoms with Gasteiger partial charge in [0.25, 0.3) is 11.5 Å². The Bertz CT molecular complexity index is 1330. The molecule has 1 saturated heterocycles. The predicted octanol–water partition coefficient (Wildman–Crippen LogP) is 0.907. The second kappa shape index (κ2) is 9.30. The van der Waals surface area contributed by atoms with E-state index in [0.717, 1.165) is 15.5 Å². The minimum absolute atomic E-state index is 0.00621. The van der Waals surface area contributed by atoms with Crippen LogP contribution in [0.3, 0.4) is 0 Å². The molecule has 1 amide bonds. The van der Waals surface area contributed by atoms with Gasteiger partial charge in [0.05, 0.1) is 6.54 Å². The number of rotatable bonds is 6. The van der Waals surface area contributed by atoms with Gasteiger partial charge in [-0.15, -0.1) is 0 Å². The average Bonchev–Trinajstić information content (AvgIpc) is 3.25. The monoisotopic (exact) mass is 466 g/mol. The topological polar surface area (TPSA) is 126 Å². The van der Waals surface area contributed by atoms with Gasteiger partial charge in [-0.3, -0.25) is 28.4 Å². The summed E-state index contributed by atoms with van der Waals surface area (Å²) in [6, 6.07) is 9.56. The number of nitrogens with one attached hydrogen (secondary N) is 1. The Kier molecular flexibility index (Phi) is 6.43. The van der Waals surface area contributed by atoms with Crippen molar-refractivity contribution in [1.29, 1.82) is 0 Å². The lowest BCUT2D eigenvalue weighted by Gasteiger charge is -2.34. The lowest BCUT2D eigenvalue weighted by Crippen LogP contribution is -2.51. The average molecular weight is 467 g/mol. The summed E-state index contributed by atoms with van der Waals surface area (Å²) < 4.78 is 2.22. The van der Waals surface area contributed by atoms with E-state index in [9.17, 15) is 19.2 Å². The van der Waals surface area contributed by atoms with E-state index in [0.29, 0.717) is 38.4 Å². The van der Waals surface area contributed by atoms with Crippen molar-refractivity contribution in [3.8, 4) is 0 Å². The summed E-state index contributed by atoms with van der Waals surface area (Å²) in [7, 11) is 1.35. The number of aromatic amines is 1. The quantitative estimate of drug-likeness (QED) is 0.520. The molecule has 0 radical (unpaired) electrons. The molecule has 180 valence electrons. The van der Waals surface area contributed by atoms with E-state index in [1.54, 1.807) is 4.90 Å². The molecule has 0 atom stereocenters. The molecule has 3 N–H and O–H groups in total. The van der Waals surface area contributed by atoms with Crippen LogP contribution in [-0.4, -0.2) is 68.3 Å². The Morgan fingerprint density at radius 2 is 1.76 bits per heavy atom. The van der Waals surface area contributed by atoms with Crippen molar-refractivity contribution in [2.75, 3.05) is 38.5 Å². The number of anilines is 1. The third kappa shape index (κ3) is 4.41. The molecule has 3 aromatic rings. The SMILES string of the molecule is CC(C)Cn1c(N)c(C(=O)CN2CCN(C(=O)c3cc4ccccc4[nH]3)CC2)c(=O)n(C)c1=O. The molecule has 1 aliphatic heterocycles. The van der Waals surface area contributed by atoms with Crippen LogP contribution in [0.15, 0.2) is 39.9 Å². The van der Waals surface area contributed by atoms with E-state index in [1.165, 1.54) is 11.6 Å². The van der Waals surface area contributed by atoms with Crippen LogP contribution in [0.1, 0.15) is 34.7 Å². The Labute approximate surface area is 196 Å². The second-order valence-electron chi connectivity index (χ2n) is 9.17. The number of carbonyl (C=O) groups excluding carboxylic acids is 2. The Hall–Kier alpha value is -3.66. The normalized spacial score (nSPS) is 14.8. The van der Waals surface area contributed by atoms with Gasteiger partial charge in [-0.2, -0.15) is 0 Å². The number of piperazine rings is 1. The summed E-state index contributed by atoms with van der Waals surface area (Å²) in [5.74, 6) is -0.477. The lowest BCUT2D eigenvalue weighted by molar-refractivity contribution is 0.0619. The van der Waals surface area contributed by atoms with Crippen LogP contribution in [0.25, 0.3) is 10.9 Å². The van der Waals surface area contributed by atoms with Gasteiger partial charge in [0.1, 0.15) is 17.1 Å². The van der Waals surface area contributed by atoms with Crippen LogP contribution in [0.5, 0.6) is 0 Å². The molecule has 34 heavy (non-hydrogen) atoms. The molecule has 10 nitrogen and oxygen atoms in total. The zero-order valence-corrected chi connectivity index (χ0v) is 19.7. The van der Waals surface area contributed by atoms with Crippen LogP contribution >= 0.6 is 0 Å². The number of H-pyrrole nitrogens is 1. The number of carbonyl (C=O) groups is 2. The maximum atomic E-state index is 13.1. The molecule has 1 aliphatic rings. The molecule has 0 bridgehead atoms. The number of nitrogen functional groups attached to an aromatic ring is 1. The van der Waals surface area contributed by atoms with Gasteiger partial charge in [-0.05, 0) is 18.1 Å². The summed E-state index contributed by atoms with van der Waals surface area (Å²) in [6.07, 6.45) is 0. The highest BCUT2D eigenvalue weighted by molar-refractivity contribution is 6.01. The zero-order chi connectivity index (χ0) is 24.6. The number of benzene rings is 1. The molecule has 0 saturated carbocycles. The van der Waals surface area contributed by atoms with E-state index >= 15 is 0 Å². The highest BCUT2D eigenvalue weighted by Crippen LogP contribution is 2.17. The van der Waals surface area contributed by atoms with E-state index in [-0.39, 0.29) is 29.8 Å². The minimum Gasteiger partial charge on any atom is -0.384 e. The number of aromatic nitrogens is 3. The molecule has 10 heteroatoms. The Balaban J connectivity index is 1.45. The lowest BCUT2D eigenvalue weighted by atomic mass is 10.1. The molecule has 0 spiro atoms. The van der Waals surface area contributed by atoms with Crippen LogP contribution in [0, 0.1) is 5.92 Å². The standard InChI is InChI=1S/C24H30N6O4/c1-15(2)13-30-21(25)20(23(33)27(3)24(30)34)19(31)14-28-8-10-29(11-9-28)22(32)18-12-16-6-4-5-7-17(16)26-18/h4-7,12,15,26H,8-11,13-14,25H2,1-3H3. The molecule has 0 aliphatic carbocycles. The molecule has 1 fully saturated rings. The number of hydrogen-bond acceptors (Lipinski definition) is 6. The van der Waals surface area contributed by atoms with Crippen molar-refractivity contribution >= 4 is 28.4 Å². The maximum absolute atomic E-state index is 13.1. The Morgan fingerprint density at radius 1 is 1.09 bits per heavy atom. The van der Waals surface area contributed by atoms with Gasteiger partial charge in [0.2, 0.25) is 0 Å². The maximum Gasteiger partial charge on any atom is 0.332 e. The molecule has 1 aromatic carbocycles. The van der Waals surface area contributed by atoms with Crippen LogP contribution < -0.4 is 17.0 Å². The van der Waals surface area contributed by atoms with Gasteiger partial charge in [-0.1, -0.05) is 32.0 Å². The van der Waals surface area contributed by atoms with Crippen molar-refractivity contribution in [3.05, 3.63) is 62.4 Å². The molecule has 3 heterocycles. The van der Waals surface area contributed by atoms with Crippen molar-refractivity contribution in [1.82, 2.24) is 23.9 Å². The summed E-state index contributed by atoms with van der Waals surface area (Å²) >= 11 is 0. The number of Topliss-reactive ketones (excluding diaryl/α,β-unsaturated/α-hetero) is 1. The van der Waals surface area contributed by atoms with Crippen LogP contribution in [0.4, 0.5) is 5.82 Å². The first-order valence-electron chi connectivity index (χ1n) is 11.4. The van der Waals surface area contributed by atoms with Crippen LogP contribution in [0.2, 0.25) is 0 Å². The van der Waals surface area contributed by atoms with Crippen molar-refractivity contribution < 1.29 is 9.59 Å². The number of fused-ring (bicyclic) bond motifs is 1. The first-order valence-corrected chi connectivity index (χ1v) is 11.4. The number of nitrogens with zero attached hydrogens (tertiary/aromatic N) is 4. The van der Waals surface area contributed by atoms with Gasteiger partial charge < -0.3 is 15.6 Å². The fourth-order valence-corrected chi connectivity index (χ4v) is 4.34. The first kappa shape index (κ1) is 23.5. The highest BCUT2D eigenvalue weighted by atomic mass is 16.2. The molecular weight excluding hydrogens is 436 g/mol. The zero-order valence-electron chi connectivity index (χ0n) is 19.7.